The molecule has 59 heavy (non-hydrogen) atoms. The van der Waals surface area contributed by atoms with Crippen LogP contribution in [0.2, 0.25) is 0 Å². The Labute approximate surface area is 363 Å². The fraction of sp³-hybridized carbons (Fsp3) is 0.717. The van der Waals surface area contributed by atoms with Gasteiger partial charge in [0.1, 0.15) is 13.2 Å². The molecule has 0 radical (unpaired) electrons. The van der Waals surface area contributed by atoms with E-state index >= 15 is 0 Å². The topological polar surface area (TPSA) is 78.9 Å². The highest BCUT2D eigenvalue weighted by Crippen LogP contribution is 2.13. The average Bonchev–Trinajstić information content (AvgIpc) is 3.23. The van der Waals surface area contributed by atoms with Gasteiger partial charge in [-0.15, -0.1) is 0 Å². The van der Waals surface area contributed by atoms with Gasteiger partial charge in [0.2, 0.25) is 0 Å². The second-order valence-corrected chi connectivity index (χ2v) is 16.0. The molecular weight excluding hydrogens is 733 g/mol. The SMILES string of the molecule is CC/C=C\C/C=C\CCCCCCCCCC(=O)OC(COC(=O)CCCC/C=C\C/C=C\CC)COC(=O)CCCCCCC/C=C\C=C/CCCCCCCCC. The van der Waals surface area contributed by atoms with E-state index in [-0.39, 0.29) is 31.1 Å². The predicted molar refractivity (Wildman–Crippen MR) is 251 cm³/mol. The van der Waals surface area contributed by atoms with Gasteiger partial charge in [0.15, 0.2) is 6.10 Å². The number of ether oxygens (including phenoxy) is 3. The van der Waals surface area contributed by atoms with Crippen molar-refractivity contribution in [2.45, 2.75) is 232 Å². The Hall–Kier alpha value is -3.15. The van der Waals surface area contributed by atoms with Gasteiger partial charge in [0.25, 0.3) is 0 Å². The standard InChI is InChI=1S/C53H90O6/c1-4-7-10-13-16-19-21-23-25-26-27-28-30-31-34-37-40-43-46-52(55)58-49-50(48-57-51(54)45-42-39-36-33-18-15-12-9-6-3)59-53(56)47-44-41-38-35-32-29-24-22-20-17-14-11-8-5-2/h8-9,11-12,17-18,20,25-28,33,50H,4-7,10,13-16,19,21-24,29-32,34-49H2,1-3H3/b11-8-,12-9-,20-17-,26-25-,28-27-,33-18-. The van der Waals surface area contributed by atoms with E-state index < -0.39 is 6.10 Å². The summed E-state index contributed by atoms with van der Waals surface area (Å²) in [5, 5.41) is 0. The zero-order valence-corrected chi connectivity index (χ0v) is 38.5. The van der Waals surface area contributed by atoms with E-state index in [9.17, 15) is 14.4 Å². The lowest BCUT2D eigenvalue weighted by molar-refractivity contribution is -0.167. The summed E-state index contributed by atoms with van der Waals surface area (Å²) in [6.07, 6.45) is 59.0. The molecule has 0 heterocycles. The number of carbonyl (C=O) groups is 3. The molecule has 0 saturated heterocycles. The van der Waals surface area contributed by atoms with Crippen molar-refractivity contribution in [3.05, 3.63) is 72.9 Å². The summed E-state index contributed by atoms with van der Waals surface area (Å²) in [6, 6.07) is 0. The number of hydrogen-bond donors (Lipinski definition) is 0. The van der Waals surface area contributed by atoms with Crippen molar-refractivity contribution in [1.29, 1.82) is 0 Å². The molecule has 0 N–H and O–H groups in total. The summed E-state index contributed by atoms with van der Waals surface area (Å²) in [5.41, 5.74) is 0. The van der Waals surface area contributed by atoms with E-state index in [1.807, 2.05) is 0 Å². The van der Waals surface area contributed by atoms with Crippen molar-refractivity contribution < 1.29 is 28.6 Å². The summed E-state index contributed by atoms with van der Waals surface area (Å²) in [5.74, 6) is -0.960. The van der Waals surface area contributed by atoms with Crippen LogP contribution in [0, 0.1) is 0 Å². The molecule has 6 heteroatoms. The molecule has 0 spiro atoms. The van der Waals surface area contributed by atoms with Crippen molar-refractivity contribution >= 4 is 17.9 Å². The van der Waals surface area contributed by atoms with E-state index in [2.05, 4.69) is 93.7 Å². The van der Waals surface area contributed by atoms with Crippen LogP contribution in [0.1, 0.15) is 226 Å². The van der Waals surface area contributed by atoms with Crippen molar-refractivity contribution in [3.63, 3.8) is 0 Å². The highest BCUT2D eigenvalue weighted by molar-refractivity contribution is 5.71. The van der Waals surface area contributed by atoms with E-state index in [1.54, 1.807) is 0 Å². The third kappa shape index (κ3) is 45.8. The fourth-order valence-electron chi connectivity index (χ4n) is 6.57. The number of allylic oxidation sites excluding steroid dienone is 12. The molecule has 0 aliphatic heterocycles. The molecule has 0 aromatic heterocycles. The molecule has 338 valence electrons. The average molecular weight is 823 g/mol. The van der Waals surface area contributed by atoms with Crippen LogP contribution in [-0.4, -0.2) is 37.2 Å². The fourth-order valence-corrected chi connectivity index (χ4v) is 6.57. The molecular formula is C53H90O6. The number of esters is 3. The van der Waals surface area contributed by atoms with Crippen molar-refractivity contribution in [3.8, 4) is 0 Å². The van der Waals surface area contributed by atoms with E-state index in [0.717, 1.165) is 109 Å². The third-order valence-corrected chi connectivity index (χ3v) is 10.2. The number of carbonyl (C=O) groups excluding carboxylic acids is 3. The van der Waals surface area contributed by atoms with Gasteiger partial charge in [0.05, 0.1) is 0 Å². The van der Waals surface area contributed by atoms with Gasteiger partial charge >= 0.3 is 17.9 Å². The minimum atomic E-state index is -0.797. The molecule has 0 bridgehead atoms. The van der Waals surface area contributed by atoms with Crippen LogP contribution in [0.25, 0.3) is 0 Å². The Morgan fingerprint density at radius 1 is 0.373 bits per heavy atom. The highest BCUT2D eigenvalue weighted by Gasteiger charge is 2.19. The Morgan fingerprint density at radius 3 is 1.15 bits per heavy atom. The van der Waals surface area contributed by atoms with Crippen LogP contribution in [0.3, 0.4) is 0 Å². The Morgan fingerprint density at radius 2 is 0.712 bits per heavy atom. The molecule has 0 fully saturated rings. The summed E-state index contributed by atoms with van der Waals surface area (Å²) in [6.45, 7) is 6.34. The minimum absolute atomic E-state index is 0.0976. The molecule has 6 nitrogen and oxygen atoms in total. The Balaban J connectivity index is 4.38. The number of hydrogen-bond acceptors (Lipinski definition) is 6. The monoisotopic (exact) mass is 823 g/mol. The van der Waals surface area contributed by atoms with Gasteiger partial charge < -0.3 is 14.2 Å². The second kappa shape index (κ2) is 47.5. The smallest absolute Gasteiger partial charge is 0.306 e. The molecule has 0 aliphatic carbocycles. The number of unbranched alkanes of at least 4 members (excludes halogenated alkanes) is 21. The summed E-state index contributed by atoms with van der Waals surface area (Å²) in [7, 11) is 0. The first-order valence-corrected chi connectivity index (χ1v) is 24.5. The molecule has 1 unspecified atom stereocenters. The van der Waals surface area contributed by atoms with Crippen LogP contribution >= 0.6 is 0 Å². The lowest BCUT2D eigenvalue weighted by Crippen LogP contribution is -2.30. The van der Waals surface area contributed by atoms with Crippen molar-refractivity contribution in [1.82, 2.24) is 0 Å². The van der Waals surface area contributed by atoms with E-state index in [4.69, 9.17) is 14.2 Å². The van der Waals surface area contributed by atoms with E-state index in [0.29, 0.717) is 19.3 Å². The summed E-state index contributed by atoms with van der Waals surface area (Å²) < 4.78 is 16.7. The van der Waals surface area contributed by atoms with Crippen molar-refractivity contribution in [2.24, 2.45) is 0 Å². The molecule has 1 atom stereocenters. The maximum absolute atomic E-state index is 12.7. The molecule has 0 aromatic rings. The van der Waals surface area contributed by atoms with Gasteiger partial charge in [-0.1, -0.05) is 184 Å². The minimum Gasteiger partial charge on any atom is -0.462 e. The van der Waals surface area contributed by atoms with Crippen LogP contribution in [-0.2, 0) is 28.6 Å². The molecule has 0 rings (SSSR count). The zero-order chi connectivity index (χ0) is 43.0. The van der Waals surface area contributed by atoms with Gasteiger partial charge in [-0.25, -0.2) is 0 Å². The number of rotatable bonds is 43. The lowest BCUT2D eigenvalue weighted by Gasteiger charge is -2.18. The second-order valence-electron chi connectivity index (χ2n) is 16.0. The zero-order valence-electron chi connectivity index (χ0n) is 38.5. The van der Waals surface area contributed by atoms with Gasteiger partial charge in [0, 0.05) is 19.3 Å². The first-order valence-electron chi connectivity index (χ1n) is 24.5. The van der Waals surface area contributed by atoms with Gasteiger partial charge in [-0.2, -0.15) is 0 Å². The maximum Gasteiger partial charge on any atom is 0.306 e. The lowest BCUT2D eigenvalue weighted by atomic mass is 10.1. The highest BCUT2D eigenvalue weighted by atomic mass is 16.6. The van der Waals surface area contributed by atoms with Crippen LogP contribution in [0.15, 0.2) is 72.9 Å². The summed E-state index contributed by atoms with van der Waals surface area (Å²) in [4.78, 5) is 37.8. The van der Waals surface area contributed by atoms with Crippen LogP contribution < -0.4 is 0 Å². The first kappa shape index (κ1) is 55.9. The van der Waals surface area contributed by atoms with Crippen molar-refractivity contribution in [2.75, 3.05) is 13.2 Å². The predicted octanol–water partition coefficient (Wildman–Crippen LogP) is 15.9. The normalized spacial score (nSPS) is 12.7. The first-order chi connectivity index (χ1) is 29.0. The molecule has 0 aromatic carbocycles. The van der Waals surface area contributed by atoms with Gasteiger partial charge in [-0.05, 0) is 96.3 Å². The maximum atomic E-state index is 12.7. The largest absolute Gasteiger partial charge is 0.462 e. The van der Waals surface area contributed by atoms with Crippen LogP contribution in [0.4, 0.5) is 0 Å². The molecule has 0 aliphatic rings. The third-order valence-electron chi connectivity index (χ3n) is 10.2. The quantitative estimate of drug-likeness (QED) is 0.0200. The summed E-state index contributed by atoms with van der Waals surface area (Å²) >= 11 is 0. The Bertz CT molecular complexity index is 1130. The molecule has 0 amide bonds. The van der Waals surface area contributed by atoms with Gasteiger partial charge in [-0.3, -0.25) is 14.4 Å². The van der Waals surface area contributed by atoms with Crippen LogP contribution in [0.5, 0.6) is 0 Å². The van der Waals surface area contributed by atoms with E-state index in [1.165, 1.54) is 77.0 Å². The Kier molecular flexibility index (Phi) is 45.0. The molecule has 0 saturated carbocycles.